The predicted octanol–water partition coefficient (Wildman–Crippen LogP) is 3.44. The number of ether oxygens (including phenoxy) is 3. The molecule has 4 rings (SSSR count). The van der Waals surface area contributed by atoms with E-state index in [1.54, 1.807) is 11.0 Å². The predicted molar refractivity (Wildman–Crippen MR) is 128 cm³/mol. The standard InChI is InChI=1S/C24H29ClN2O6S/c1-4-26(14-19-15-31-21-7-5-6-8-22(21)33-19)24(28)18-9-10-20(25)23(11-18)34(29,30)27-12-16(2)32-17(3)13-27/h5-11,16-17,19H,4,12-15H2,1-3H3/t16-,17-,19+/m1/s1. The summed E-state index contributed by atoms with van der Waals surface area (Å²) in [5.74, 6) is 1.00. The number of sulfonamides is 1. The molecular formula is C24H29ClN2O6S. The minimum Gasteiger partial charge on any atom is -0.486 e. The van der Waals surface area contributed by atoms with Gasteiger partial charge >= 0.3 is 0 Å². The molecule has 0 bridgehead atoms. The van der Waals surface area contributed by atoms with Crippen LogP contribution in [0.5, 0.6) is 11.5 Å². The Balaban J connectivity index is 1.53. The molecule has 2 aromatic rings. The molecule has 184 valence electrons. The number of carbonyl (C=O) groups is 1. The molecule has 0 aliphatic carbocycles. The van der Waals surface area contributed by atoms with Gasteiger partial charge in [0.1, 0.15) is 11.5 Å². The van der Waals surface area contributed by atoms with Gasteiger partial charge in [-0.15, -0.1) is 0 Å². The second-order valence-corrected chi connectivity index (χ2v) is 10.9. The number of nitrogens with zero attached hydrogens (tertiary/aromatic N) is 2. The van der Waals surface area contributed by atoms with Crippen LogP contribution in [-0.4, -0.2) is 74.6 Å². The lowest BCUT2D eigenvalue weighted by molar-refractivity contribution is -0.0440. The van der Waals surface area contributed by atoms with Crippen LogP contribution in [-0.2, 0) is 14.8 Å². The highest BCUT2D eigenvalue weighted by molar-refractivity contribution is 7.89. The number of para-hydroxylation sites is 2. The van der Waals surface area contributed by atoms with E-state index in [2.05, 4.69) is 0 Å². The number of fused-ring (bicyclic) bond motifs is 1. The molecule has 2 aliphatic rings. The summed E-state index contributed by atoms with van der Waals surface area (Å²) in [6.07, 6.45) is -0.813. The fraction of sp³-hybridized carbons (Fsp3) is 0.458. The number of halogens is 1. The molecule has 34 heavy (non-hydrogen) atoms. The molecule has 0 unspecified atom stereocenters. The maximum atomic E-state index is 13.4. The molecule has 1 saturated heterocycles. The number of amides is 1. The highest BCUT2D eigenvalue weighted by Gasteiger charge is 2.34. The molecule has 2 aromatic carbocycles. The van der Waals surface area contributed by atoms with Gasteiger partial charge in [0.25, 0.3) is 5.91 Å². The van der Waals surface area contributed by atoms with Crippen molar-refractivity contribution >= 4 is 27.5 Å². The smallest absolute Gasteiger partial charge is 0.254 e. The van der Waals surface area contributed by atoms with Crippen molar-refractivity contribution in [2.75, 3.05) is 32.8 Å². The van der Waals surface area contributed by atoms with Crippen LogP contribution in [0.25, 0.3) is 0 Å². The maximum Gasteiger partial charge on any atom is 0.254 e. The summed E-state index contributed by atoms with van der Waals surface area (Å²) in [7, 11) is -3.90. The lowest BCUT2D eigenvalue weighted by Gasteiger charge is -2.34. The zero-order valence-corrected chi connectivity index (χ0v) is 21.0. The second-order valence-electron chi connectivity index (χ2n) is 8.57. The molecule has 0 spiro atoms. The van der Waals surface area contributed by atoms with E-state index in [-0.39, 0.29) is 52.8 Å². The van der Waals surface area contributed by atoms with E-state index in [9.17, 15) is 13.2 Å². The SMILES string of the molecule is CCN(C[C@H]1COc2ccccc2O1)C(=O)c1ccc(Cl)c(S(=O)(=O)N2C[C@@H](C)O[C@H](C)C2)c1. The molecule has 3 atom stereocenters. The Morgan fingerprint density at radius 1 is 1.12 bits per heavy atom. The van der Waals surface area contributed by atoms with Crippen LogP contribution in [0.15, 0.2) is 47.4 Å². The van der Waals surface area contributed by atoms with Crippen LogP contribution < -0.4 is 9.47 Å². The van der Waals surface area contributed by atoms with Gasteiger partial charge in [-0.2, -0.15) is 4.31 Å². The van der Waals surface area contributed by atoms with Crippen LogP contribution in [0.3, 0.4) is 0 Å². The summed E-state index contributed by atoms with van der Waals surface area (Å²) >= 11 is 6.30. The van der Waals surface area contributed by atoms with Crippen molar-refractivity contribution < 1.29 is 27.4 Å². The Bertz CT molecular complexity index is 1150. The van der Waals surface area contributed by atoms with Crippen molar-refractivity contribution in [3.05, 3.63) is 53.1 Å². The molecule has 10 heteroatoms. The highest BCUT2D eigenvalue weighted by atomic mass is 35.5. The van der Waals surface area contributed by atoms with Gasteiger partial charge in [0.05, 0.1) is 23.8 Å². The van der Waals surface area contributed by atoms with E-state index >= 15 is 0 Å². The number of rotatable bonds is 6. The maximum absolute atomic E-state index is 13.4. The van der Waals surface area contributed by atoms with E-state index in [0.29, 0.717) is 31.2 Å². The monoisotopic (exact) mass is 508 g/mol. The summed E-state index contributed by atoms with van der Waals surface area (Å²) in [5.41, 5.74) is 0.247. The van der Waals surface area contributed by atoms with Gasteiger partial charge in [-0.25, -0.2) is 8.42 Å². The Morgan fingerprint density at radius 2 is 1.79 bits per heavy atom. The highest BCUT2D eigenvalue weighted by Crippen LogP contribution is 2.32. The van der Waals surface area contributed by atoms with Crippen molar-refractivity contribution in [2.45, 2.75) is 44.0 Å². The Hall–Kier alpha value is -2.33. The van der Waals surface area contributed by atoms with Crippen molar-refractivity contribution in [1.29, 1.82) is 0 Å². The zero-order valence-electron chi connectivity index (χ0n) is 19.4. The molecule has 8 nitrogen and oxygen atoms in total. The summed E-state index contributed by atoms with van der Waals surface area (Å²) in [4.78, 5) is 14.9. The third-order valence-corrected chi connectivity index (χ3v) is 8.16. The topological polar surface area (TPSA) is 85.4 Å². The van der Waals surface area contributed by atoms with Crippen LogP contribution >= 0.6 is 11.6 Å². The third kappa shape index (κ3) is 5.17. The average Bonchev–Trinajstić information content (AvgIpc) is 2.81. The minimum atomic E-state index is -3.90. The van der Waals surface area contributed by atoms with E-state index in [0.717, 1.165) is 0 Å². The van der Waals surface area contributed by atoms with Gasteiger partial charge in [0.15, 0.2) is 17.6 Å². The largest absolute Gasteiger partial charge is 0.486 e. The molecule has 2 heterocycles. The van der Waals surface area contributed by atoms with E-state index in [1.165, 1.54) is 16.4 Å². The lowest BCUT2D eigenvalue weighted by Crippen LogP contribution is -2.48. The molecule has 2 aliphatic heterocycles. The molecule has 1 amide bonds. The van der Waals surface area contributed by atoms with E-state index in [1.807, 2.05) is 45.0 Å². The second kappa shape index (κ2) is 10.1. The van der Waals surface area contributed by atoms with Crippen LogP contribution in [0.1, 0.15) is 31.1 Å². The molecule has 0 saturated carbocycles. The summed E-state index contributed by atoms with van der Waals surface area (Å²) in [6.45, 7) is 7.00. The number of likely N-dealkylation sites (N-methyl/N-ethyl adjacent to an activating group) is 1. The van der Waals surface area contributed by atoms with Gasteiger partial charge in [0, 0.05) is 25.2 Å². The third-order valence-electron chi connectivity index (χ3n) is 5.84. The number of hydrogen-bond donors (Lipinski definition) is 0. The summed E-state index contributed by atoms with van der Waals surface area (Å²) in [6, 6.07) is 11.8. The normalized spacial score (nSPS) is 22.9. The van der Waals surface area contributed by atoms with Gasteiger partial charge in [-0.1, -0.05) is 23.7 Å². The van der Waals surface area contributed by atoms with Crippen molar-refractivity contribution in [3.8, 4) is 11.5 Å². The Kier molecular flexibility index (Phi) is 7.37. The Morgan fingerprint density at radius 3 is 2.47 bits per heavy atom. The van der Waals surface area contributed by atoms with Crippen molar-refractivity contribution in [2.24, 2.45) is 0 Å². The molecular weight excluding hydrogens is 480 g/mol. The first-order valence-corrected chi connectivity index (χ1v) is 13.1. The number of morpholine rings is 1. The van der Waals surface area contributed by atoms with Crippen LogP contribution in [0, 0.1) is 0 Å². The quantitative estimate of drug-likeness (QED) is 0.594. The zero-order chi connectivity index (χ0) is 24.5. The Labute approximate surface area is 205 Å². The summed E-state index contributed by atoms with van der Waals surface area (Å²) in [5, 5.41) is 0.0759. The number of benzene rings is 2. The minimum absolute atomic E-state index is 0.0759. The van der Waals surface area contributed by atoms with E-state index < -0.39 is 10.0 Å². The molecule has 0 radical (unpaired) electrons. The molecule has 0 N–H and O–H groups in total. The van der Waals surface area contributed by atoms with Gasteiger partial charge in [-0.3, -0.25) is 4.79 Å². The lowest BCUT2D eigenvalue weighted by atomic mass is 10.2. The van der Waals surface area contributed by atoms with E-state index in [4.69, 9.17) is 25.8 Å². The van der Waals surface area contributed by atoms with Gasteiger partial charge < -0.3 is 19.1 Å². The first-order chi connectivity index (χ1) is 16.2. The molecule has 1 fully saturated rings. The molecule has 0 aromatic heterocycles. The van der Waals surface area contributed by atoms with Crippen LogP contribution in [0.4, 0.5) is 0 Å². The first-order valence-electron chi connectivity index (χ1n) is 11.3. The van der Waals surface area contributed by atoms with Crippen molar-refractivity contribution in [1.82, 2.24) is 9.21 Å². The number of hydrogen-bond acceptors (Lipinski definition) is 6. The summed E-state index contributed by atoms with van der Waals surface area (Å²) < 4.78 is 45.5. The first kappa shape index (κ1) is 24.8. The van der Waals surface area contributed by atoms with Gasteiger partial charge in [0.2, 0.25) is 10.0 Å². The number of carbonyl (C=O) groups excluding carboxylic acids is 1. The average molecular weight is 509 g/mol. The van der Waals surface area contributed by atoms with Crippen LogP contribution in [0.2, 0.25) is 5.02 Å². The van der Waals surface area contributed by atoms with Crippen molar-refractivity contribution in [3.63, 3.8) is 0 Å². The van der Waals surface area contributed by atoms with Gasteiger partial charge in [-0.05, 0) is 51.1 Å². The fourth-order valence-electron chi connectivity index (χ4n) is 4.24. The fourth-order valence-corrected chi connectivity index (χ4v) is 6.33.